The second kappa shape index (κ2) is 5.14. The van der Waals surface area contributed by atoms with Gasteiger partial charge >= 0.3 is 5.97 Å². The van der Waals surface area contributed by atoms with Gasteiger partial charge in [0.2, 0.25) is 0 Å². The van der Waals surface area contributed by atoms with Crippen LogP contribution < -0.4 is 0 Å². The highest BCUT2D eigenvalue weighted by molar-refractivity contribution is 5.67. The number of hydrogen-bond acceptors (Lipinski definition) is 3. The van der Waals surface area contributed by atoms with Crippen molar-refractivity contribution in [2.45, 2.75) is 26.7 Å². The minimum absolute atomic E-state index is 0.100. The van der Waals surface area contributed by atoms with Gasteiger partial charge in [-0.1, -0.05) is 0 Å². The fourth-order valence-electron chi connectivity index (χ4n) is 2.11. The number of carboxylic acids is 1. The van der Waals surface area contributed by atoms with Crippen molar-refractivity contribution in [3.63, 3.8) is 0 Å². The van der Waals surface area contributed by atoms with Crippen molar-refractivity contribution in [1.82, 2.24) is 9.78 Å². The largest absolute Gasteiger partial charge is 0.508 e. The Balaban J connectivity index is 2.35. The molecule has 2 aromatic rings. The molecule has 0 aliphatic heterocycles. The molecule has 0 aliphatic rings. The van der Waals surface area contributed by atoms with Crippen molar-refractivity contribution in [2.75, 3.05) is 0 Å². The molecule has 0 spiro atoms. The summed E-state index contributed by atoms with van der Waals surface area (Å²) in [7, 11) is 0. The van der Waals surface area contributed by atoms with Gasteiger partial charge in [0, 0.05) is 12.1 Å². The summed E-state index contributed by atoms with van der Waals surface area (Å²) in [5.41, 5.74) is 3.59. The maximum absolute atomic E-state index is 10.7. The standard InChI is InChI=1S/C14H16N2O3/c1-9-13(7-8-14(18)19)10(2)16(15-9)11-3-5-12(17)6-4-11/h3-6,17H,7-8H2,1-2H3,(H,18,19). The molecule has 100 valence electrons. The van der Waals surface area contributed by atoms with Gasteiger partial charge in [-0.3, -0.25) is 4.79 Å². The lowest BCUT2D eigenvalue weighted by Crippen LogP contribution is -2.01. The number of aryl methyl sites for hydroxylation is 1. The lowest BCUT2D eigenvalue weighted by atomic mass is 10.1. The minimum atomic E-state index is -0.809. The zero-order valence-corrected chi connectivity index (χ0v) is 10.9. The summed E-state index contributed by atoms with van der Waals surface area (Å²) in [5.74, 6) is -0.604. The van der Waals surface area contributed by atoms with Crippen molar-refractivity contribution in [3.05, 3.63) is 41.2 Å². The van der Waals surface area contributed by atoms with E-state index in [0.29, 0.717) is 6.42 Å². The number of rotatable bonds is 4. The van der Waals surface area contributed by atoms with Crippen molar-refractivity contribution in [2.24, 2.45) is 0 Å². The number of carboxylic acid groups (broad SMARTS) is 1. The number of aromatic hydroxyl groups is 1. The molecule has 0 bridgehead atoms. The first-order valence-electron chi connectivity index (χ1n) is 6.05. The van der Waals surface area contributed by atoms with Crippen LogP contribution in [-0.2, 0) is 11.2 Å². The monoisotopic (exact) mass is 260 g/mol. The van der Waals surface area contributed by atoms with Gasteiger partial charge in [0.25, 0.3) is 0 Å². The normalized spacial score (nSPS) is 10.6. The molecule has 1 heterocycles. The van der Waals surface area contributed by atoms with E-state index in [2.05, 4.69) is 5.10 Å². The Morgan fingerprint density at radius 2 is 1.89 bits per heavy atom. The van der Waals surface area contributed by atoms with Gasteiger partial charge in [-0.2, -0.15) is 5.10 Å². The number of benzene rings is 1. The Labute approximate surface area is 111 Å². The molecule has 1 aromatic heterocycles. The molecule has 5 nitrogen and oxygen atoms in total. The summed E-state index contributed by atoms with van der Waals surface area (Å²) < 4.78 is 1.77. The maximum atomic E-state index is 10.7. The van der Waals surface area contributed by atoms with E-state index < -0.39 is 5.97 Å². The molecule has 0 fully saturated rings. The first-order valence-corrected chi connectivity index (χ1v) is 6.05. The Kier molecular flexibility index (Phi) is 3.55. The van der Waals surface area contributed by atoms with Crippen molar-refractivity contribution >= 4 is 5.97 Å². The Morgan fingerprint density at radius 1 is 1.26 bits per heavy atom. The molecule has 0 radical (unpaired) electrons. The number of aliphatic carboxylic acids is 1. The maximum Gasteiger partial charge on any atom is 0.303 e. The molecule has 0 saturated heterocycles. The smallest absolute Gasteiger partial charge is 0.303 e. The van der Waals surface area contributed by atoms with Crippen LogP contribution >= 0.6 is 0 Å². The molecule has 2 N–H and O–H groups in total. The summed E-state index contributed by atoms with van der Waals surface area (Å²) in [4.78, 5) is 10.7. The average Bonchev–Trinajstić information content (AvgIpc) is 2.63. The Bertz CT molecular complexity index is 600. The van der Waals surface area contributed by atoms with Crippen LogP contribution in [0, 0.1) is 13.8 Å². The molecule has 0 saturated carbocycles. The van der Waals surface area contributed by atoms with Gasteiger partial charge in [0.15, 0.2) is 0 Å². The van der Waals surface area contributed by atoms with E-state index in [9.17, 15) is 9.90 Å². The predicted molar refractivity (Wildman–Crippen MR) is 70.7 cm³/mol. The van der Waals surface area contributed by atoms with Crippen LogP contribution in [0.4, 0.5) is 0 Å². The lowest BCUT2D eigenvalue weighted by molar-refractivity contribution is -0.136. The highest BCUT2D eigenvalue weighted by Crippen LogP contribution is 2.20. The summed E-state index contributed by atoms with van der Waals surface area (Å²) in [6.07, 6.45) is 0.577. The van der Waals surface area contributed by atoms with Crippen LogP contribution in [0.15, 0.2) is 24.3 Å². The second-order valence-electron chi connectivity index (χ2n) is 4.47. The van der Waals surface area contributed by atoms with E-state index in [1.54, 1.807) is 28.9 Å². The van der Waals surface area contributed by atoms with Crippen LogP contribution in [0.2, 0.25) is 0 Å². The van der Waals surface area contributed by atoms with E-state index in [1.165, 1.54) is 0 Å². The number of aromatic nitrogens is 2. The molecule has 19 heavy (non-hydrogen) atoms. The van der Waals surface area contributed by atoms with Crippen LogP contribution in [0.3, 0.4) is 0 Å². The molecular weight excluding hydrogens is 244 g/mol. The first-order chi connectivity index (χ1) is 8.99. The second-order valence-corrected chi connectivity index (χ2v) is 4.47. The number of phenolic OH excluding ortho intramolecular Hbond substituents is 1. The van der Waals surface area contributed by atoms with Crippen LogP contribution in [0.1, 0.15) is 23.4 Å². The van der Waals surface area contributed by atoms with Gasteiger partial charge in [-0.25, -0.2) is 4.68 Å². The number of carbonyl (C=O) groups is 1. The van der Waals surface area contributed by atoms with Crippen LogP contribution in [0.5, 0.6) is 5.75 Å². The highest BCUT2D eigenvalue weighted by Gasteiger charge is 2.13. The molecule has 2 rings (SSSR count). The Hall–Kier alpha value is -2.30. The molecule has 0 aliphatic carbocycles. The van der Waals surface area contributed by atoms with Crippen LogP contribution in [0.25, 0.3) is 5.69 Å². The van der Waals surface area contributed by atoms with Gasteiger partial charge in [0.1, 0.15) is 5.75 Å². The molecule has 0 unspecified atom stereocenters. The average molecular weight is 260 g/mol. The number of phenols is 1. The molecular formula is C14H16N2O3. The molecule has 1 aromatic carbocycles. The number of hydrogen-bond donors (Lipinski definition) is 2. The number of nitrogens with zero attached hydrogens (tertiary/aromatic N) is 2. The topological polar surface area (TPSA) is 75.3 Å². The van der Waals surface area contributed by atoms with Crippen molar-refractivity contribution in [3.8, 4) is 11.4 Å². The van der Waals surface area contributed by atoms with Gasteiger partial charge in [-0.15, -0.1) is 0 Å². The fraction of sp³-hybridized carbons (Fsp3) is 0.286. The molecule has 0 atom stereocenters. The summed E-state index contributed by atoms with van der Waals surface area (Å²) in [6, 6.07) is 6.75. The third kappa shape index (κ3) is 2.76. The van der Waals surface area contributed by atoms with E-state index in [4.69, 9.17) is 5.11 Å². The zero-order valence-electron chi connectivity index (χ0n) is 10.9. The van der Waals surface area contributed by atoms with Crippen molar-refractivity contribution < 1.29 is 15.0 Å². The molecule has 0 amide bonds. The van der Waals surface area contributed by atoms with Crippen molar-refractivity contribution in [1.29, 1.82) is 0 Å². The third-order valence-corrected chi connectivity index (χ3v) is 3.12. The lowest BCUT2D eigenvalue weighted by Gasteiger charge is -2.05. The van der Waals surface area contributed by atoms with E-state index in [1.807, 2.05) is 13.8 Å². The zero-order chi connectivity index (χ0) is 14.0. The van der Waals surface area contributed by atoms with E-state index in [-0.39, 0.29) is 12.2 Å². The Morgan fingerprint density at radius 3 is 2.47 bits per heavy atom. The summed E-state index contributed by atoms with van der Waals surface area (Å²) in [6.45, 7) is 3.80. The quantitative estimate of drug-likeness (QED) is 0.883. The molecule has 5 heteroatoms. The van der Waals surface area contributed by atoms with Gasteiger partial charge < -0.3 is 10.2 Å². The van der Waals surface area contributed by atoms with Gasteiger partial charge in [-0.05, 0) is 50.1 Å². The minimum Gasteiger partial charge on any atom is -0.508 e. The summed E-state index contributed by atoms with van der Waals surface area (Å²) in [5, 5.41) is 22.5. The third-order valence-electron chi connectivity index (χ3n) is 3.12. The summed E-state index contributed by atoms with van der Waals surface area (Å²) >= 11 is 0. The first kappa shape index (κ1) is 13.1. The van der Waals surface area contributed by atoms with E-state index in [0.717, 1.165) is 22.6 Å². The fourth-order valence-corrected chi connectivity index (χ4v) is 2.11. The predicted octanol–water partition coefficient (Wildman–Crippen LogP) is 2.21. The highest BCUT2D eigenvalue weighted by atomic mass is 16.4. The van der Waals surface area contributed by atoms with E-state index >= 15 is 0 Å². The van der Waals surface area contributed by atoms with Gasteiger partial charge in [0.05, 0.1) is 11.4 Å². The van der Waals surface area contributed by atoms with Crippen LogP contribution in [-0.4, -0.2) is 26.0 Å². The SMILES string of the molecule is Cc1nn(-c2ccc(O)cc2)c(C)c1CCC(=O)O.